The molecule has 0 bridgehead atoms. The SMILES string of the molecule is CCN(CC)S(=O)(=O)c1ccc(Cl)c(C(=O)OCC(=O)Nc2ccc3c(c2)OCCCO3)c1. The summed E-state index contributed by atoms with van der Waals surface area (Å²) in [7, 11) is -3.79. The fourth-order valence-corrected chi connectivity index (χ4v) is 4.86. The van der Waals surface area contributed by atoms with Gasteiger partial charge in [-0.2, -0.15) is 4.31 Å². The van der Waals surface area contributed by atoms with Crippen LogP contribution in [0.15, 0.2) is 41.3 Å². The highest BCUT2D eigenvalue weighted by atomic mass is 35.5. The van der Waals surface area contributed by atoms with E-state index in [1.807, 2.05) is 0 Å². The molecular weight excluding hydrogens is 472 g/mol. The Morgan fingerprint density at radius 2 is 1.76 bits per heavy atom. The standard InChI is InChI=1S/C22H25ClN2O7S/c1-3-25(4-2)33(28,29)16-7-8-18(23)17(13-16)22(27)32-14-21(26)24-15-6-9-19-20(12-15)31-11-5-10-30-19/h6-9,12-13H,3-5,10-11,14H2,1-2H3,(H,24,26). The van der Waals surface area contributed by atoms with Crippen LogP contribution in [0, 0.1) is 0 Å². The third-order valence-electron chi connectivity index (χ3n) is 4.87. The van der Waals surface area contributed by atoms with Crippen LogP contribution in [-0.4, -0.2) is 57.5 Å². The molecule has 0 unspecified atom stereocenters. The molecule has 1 aliphatic rings. The summed E-state index contributed by atoms with van der Waals surface area (Å²) < 4.78 is 42.9. The molecule has 2 aromatic rings. The molecule has 0 aromatic heterocycles. The maximum Gasteiger partial charge on any atom is 0.340 e. The number of fused-ring (bicyclic) bond motifs is 1. The lowest BCUT2D eigenvalue weighted by molar-refractivity contribution is -0.119. The van der Waals surface area contributed by atoms with E-state index < -0.39 is 28.5 Å². The minimum atomic E-state index is -3.79. The zero-order valence-corrected chi connectivity index (χ0v) is 19.9. The molecule has 0 fully saturated rings. The highest BCUT2D eigenvalue weighted by Gasteiger charge is 2.24. The van der Waals surface area contributed by atoms with Gasteiger partial charge in [0.25, 0.3) is 5.91 Å². The number of rotatable bonds is 8. The van der Waals surface area contributed by atoms with Crippen molar-refractivity contribution in [3.05, 3.63) is 47.0 Å². The summed E-state index contributed by atoms with van der Waals surface area (Å²) in [4.78, 5) is 24.7. The van der Waals surface area contributed by atoms with Crippen LogP contribution >= 0.6 is 11.6 Å². The number of benzene rings is 2. The second-order valence-corrected chi connectivity index (χ2v) is 9.41. The number of esters is 1. The van der Waals surface area contributed by atoms with Crippen LogP contribution in [0.3, 0.4) is 0 Å². The number of nitrogens with one attached hydrogen (secondary N) is 1. The lowest BCUT2D eigenvalue weighted by atomic mass is 10.2. The van der Waals surface area contributed by atoms with Gasteiger partial charge in [0, 0.05) is 31.3 Å². The van der Waals surface area contributed by atoms with Gasteiger partial charge in [0.15, 0.2) is 18.1 Å². The number of anilines is 1. The molecule has 0 saturated carbocycles. The zero-order valence-electron chi connectivity index (χ0n) is 18.3. The van der Waals surface area contributed by atoms with Crippen molar-refractivity contribution in [1.29, 1.82) is 0 Å². The number of sulfonamides is 1. The molecular formula is C22H25ClN2O7S. The summed E-state index contributed by atoms with van der Waals surface area (Å²) in [5.74, 6) is -0.391. The molecule has 0 radical (unpaired) electrons. The van der Waals surface area contributed by atoms with Crippen molar-refractivity contribution < 1.29 is 32.2 Å². The largest absolute Gasteiger partial charge is 0.490 e. The Bertz CT molecular complexity index is 1130. The summed E-state index contributed by atoms with van der Waals surface area (Å²) >= 11 is 6.08. The number of carbonyl (C=O) groups excluding carboxylic acids is 2. The first kappa shape index (κ1) is 24.8. The molecule has 1 heterocycles. The van der Waals surface area contributed by atoms with Crippen molar-refractivity contribution in [2.75, 3.05) is 38.2 Å². The Morgan fingerprint density at radius 1 is 1.06 bits per heavy atom. The minimum absolute atomic E-state index is 0.0156. The molecule has 11 heteroatoms. The van der Waals surface area contributed by atoms with E-state index in [2.05, 4.69) is 5.32 Å². The van der Waals surface area contributed by atoms with E-state index in [1.54, 1.807) is 32.0 Å². The molecule has 3 rings (SSSR count). The first-order chi connectivity index (χ1) is 15.8. The fourth-order valence-electron chi connectivity index (χ4n) is 3.18. The normalized spacial score (nSPS) is 13.3. The molecule has 2 aromatic carbocycles. The van der Waals surface area contributed by atoms with Gasteiger partial charge in [-0.1, -0.05) is 25.4 Å². The van der Waals surface area contributed by atoms with E-state index in [1.165, 1.54) is 16.4 Å². The van der Waals surface area contributed by atoms with Crippen molar-refractivity contribution in [3.63, 3.8) is 0 Å². The number of ether oxygens (including phenoxy) is 3. The molecule has 0 spiro atoms. The van der Waals surface area contributed by atoms with E-state index in [0.29, 0.717) is 30.4 Å². The fraction of sp³-hybridized carbons (Fsp3) is 0.364. The number of carbonyl (C=O) groups is 2. The van der Waals surface area contributed by atoms with Gasteiger partial charge in [-0.15, -0.1) is 0 Å². The predicted molar refractivity (Wildman–Crippen MR) is 123 cm³/mol. The highest BCUT2D eigenvalue weighted by molar-refractivity contribution is 7.89. The molecule has 0 saturated heterocycles. The Hall–Kier alpha value is -2.82. The van der Waals surface area contributed by atoms with Gasteiger partial charge in [-0.25, -0.2) is 13.2 Å². The zero-order chi connectivity index (χ0) is 24.0. The lowest BCUT2D eigenvalue weighted by Gasteiger charge is -2.19. The summed E-state index contributed by atoms with van der Waals surface area (Å²) in [6.45, 7) is 4.46. The second-order valence-electron chi connectivity index (χ2n) is 7.07. The topological polar surface area (TPSA) is 111 Å². The molecule has 0 aliphatic carbocycles. The number of amides is 1. The van der Waals surface area contributed by atoms with Crippen LogP contribution in [0.2, 0.25) is 5.02 Å². The third-order valence-corrected chi connectivity index (χ3v) is 7.24. The van der Waals surface area contributed by atoms with Crippen molar-refractivity contribution in [2.45, 2.75) is 25.2 Å². The number of halogens is 1. The molecule has 1 amide bonds. The smallest absolute Gasteiger partial charge is 0.340 e. The van der Waals surface area contributed by atoms with Crippen LogP contribution < -0.4 is 14.8 Å². The molecule has 33 heavy (non-hydrogen) atoms. The van der Waals surface area contributed by atoms with Gasteiger partial charge in [-0.05, 0) is 30.3 Å². The number of hydrogen-bond donors (Lipinski definition) is 1. The molecule has 9 nitrogen and oxygen atoms in total. The lowest BCUT2D eigenvalue weighted by Crippen LogP contribution is -2.30. The van der Waals surface area contributed by atoms with Crippen molar-refractivity contribution in [2.24, 2.45) is 0 Å². The van der Waals surface area contributed by atoms with E-state index in [9.17, 15) is 18.0 Å². The van der Waals surface area contributed by atoms with Gasteiger partial charge in [0.05, 0.1) is 28.7 Å². The number of nitrogens with zero attached hydrogens (tertiary/aromatic N) is 1. The van der Waals surface area contributed by atoms with Gasteiger partial charge in [0.2, 0.25) is 10.0 Å². The van der Waals surface area contributed by atoms with E-state index >= 15 is 0 Å². The number of hydrogen-bond acceptors (Lipinski definition) is 7. The Kier molecular flexibility index (Phi) is 8.17. The Labute approximate surface area is 197 Å². The van der Waals surface area contributed by atoms with E-state index in [-0.39, 0.29) is 28.6 Å². The van der Waals surface area contributed by atoms with Gasteiger partial charge in [-0.3, -0.25) is 4.79 Å². The third kappa shape index (κ3) is 5.95. The first-order valence-corrected chi connectivity index (χ1v) is 12.2. The van der Waals surface area contributed by atoms with Gasteiger partial charge in [0.1, 0.15) is 0 Å². The van der Waals surface area contributed by atoms with Crippen LogP contribution in [-0.2, 0) is 19.6 Å². The highest BCUT2D eigenvalue weighted by Crippen LogP contribution is 2.32. The van der Waals surface area contributed by atoms with E-state index in [4.69, 9.17) is 25.8 Å². The van der Waals surface area contributed by atoms with Crippen LogP contribution in [0.25, 0.3) is 0 Å². The van der Waals surface area contributed by atoms with Crippen molar-refractivity contribution in [3.8, 4) is 11.5 Å². The summed E-state index contributed by atoms with van der Waals surface area (Å²) in [6.07, 6.45) is 0.756. The average Bonchev–Trinajstić information content (AvgIpc) is 3.03. The van der Waals surface area contributed by atoms with Gasteiger partial charge >= 0.3 is 5.97 Å². The summed E-state index contributed by atoms with van der Waals surface area (Å²) in [5.41, 5.74) is 0.305. The minimum Gasteiger partial charge on any atom is -0.490 e. The van der Waals surface area contributed by atoms with Crippen molar-refractivity contribution >= 4 is 39.2 Å². The maximum absolute atomic E-state index is 12.7. The van der Waals surface area contributed by atoms with Gasteiger partial charge < -0.3 is 19.5 Å². The van der Waals surface area contributed by atoms with Crippen LogP contribution in [0.4, 0.5) is 5.69 Å². The predicted octanol–water partition coefficient (Wildman–Crippen LogP) is 3.33. The van der Waals surface area contributed by atoms with Crippen molar-refractivity contribution in [1.82, 2.24) is 4.31 Å². The van der Waals surface area contributed by atoms with E-state index in [0.717, 1.165) is 12.5 Å². The Balaban J connectivity index is 1.66. The Morgan fingerprint density at radius 3 is 2.45 bits per heavy atom. The second kappa shape index (κ2) is 10.9. The molecule has 178 valence electrons. The molecule has 1 N–H and O–H groups in total. The molecule has 0 atom stereocenters. The van der Waals surface area contributed by atoms with Crippen LogP contribution in [0.1, 0.15) is 30.6 Å². The quantitative estimate of drug-likeness (QED) is 0.558. The summed E-state index contributed by atoms with van der Waals surface area (Å²) in [5, 5.41) is 2.63. The average molecular weight is 497 g/mol. The monoisotopic (exact) mass is 496 g/mol. The molecule has 1 aliphatic heterocycles. The van der Waals surface area contributed by atoms with Crippen LogP contribution in [0.5, 0.6) is 11.5 Å². The summed E-state index contributed by atoms with van der Waals surface area (Å²) in [6, 6.07) is 8.74. The first-order valence-electron chi connectivity index (χ1n) is 10.4. The maximum atomic E-state index is 12.7.